The van der Waals surface area contributed by atoms with Gasteiger partial charge >= 0.3 is 0 Å². The number of nitrogens with one attached hydrogen (secondary N) is 1. The van der Waals surface area contributed by atoms with Crippen LogP contribution >= 0.6 is 0 Å². The summed E-state index contributed by atoms with van der Waals surface area (Å²) in [6.45, 7) is 3.33. The molecule has 124 valence electrons. The molecular formula is C15H16N6O2S. The molecule has 2 aromatic heterocycles. The number of aryl methyl sites for hydroxylation is 1. The maximum absolute atomic E-state index is 11.5. The van der Waals surface area contributed by atoms with Crippen LogP contribution in [-0.4, -0.2) is 34.9 Å². The fraction of sp³-hybridized carbons (Fsp3) is 0.267. The van der Waals surface area contributed by atoms with Crippen molar-refractivity contribution in [3.63, 3.8) is 0 Å². The molecule has 4 rings (SSSR count). The van der Waals surface area contributed by atoms with Crippen molar-refractivity contribution >= 4 is 27.0 Å². The van der Waals surface area contributed by atoms with Gasteiger partial charge in [0.1, 0.15) is 5.82 Å². The molecule has 0 radical (unpaired) electrons. The summed E-state index contributed by atoms with van der Waals surface area (Å²) < 4.78 is 22.9. The van der Waals surface area contributed by atoms with E-state index in [2.05, 4.69) is 24.8 Å². The minimum Gasteiger partial charge on any atom is -0.338 e. The molecule has 1 aliphatic heterocycles. The van der Waals surface area contributed by atoms with Crippen molar-refractivity contribution in [2.24, 2.45) is 5.14 Å². The summed E-state index contributed by atoms with van der Waals surface area (Å²) in [5.41, 5.74) is 3.50. The lowest BCUT2D eigenvalue weighted by atomic mass is 10.1. The smallest absolute Gasteiger partial charge is 0.238 e. The van der Waals surface area contributed by atoms with Crippen LogP contribution in [0.5, 0.6) is 0 Å². The molecule has 0 saturated carbocycles. The van der Waals surface area contributed by atoms with E-state index in [-0.39, 0.29) is 4.90 Å². The number of anilines is 1. The predicted molar refractivity (Wildman–Crippen MR) is 89.0 cm³/mol. The number of primary sulfonamides is 1. The van der Waals surface area contributed by atoms with E-state index in [0.29, 0.717) is 23.5 Å². The van der Waals surface area contributed by atoms with Gasteiger partial charge < -0.3 is 9.88 Å². The van der Waals surface area contributed by atoms with Crippen LogP contribution in [0.3, 0.4) is 0 Å². The standard InChI is InChI=1S/C15H16N6O2S/c1-9-17-7-10-8-21(5-4-12(10)18-9)15-19-13-3-2-11(24(16,22)23)6-14(13)20-15/h2-3,6-7H,4-5,8H2,1H3,(H,19,20)(H2,16,22,23). The van der Waals surface area contributed by atoms with Gasteiger partial charge in [-0.05, 0) is 25.1 Å². The van der Waals surface area contributed by atoms with Gasteiger partial charge in [-0.15, -0.1) is 0 Å². The first-order valence-corrected chi connectivity index (χ1v) is 9.04. The summed E-state index contributed by atoms with van der Waals surface area (Å²) >= 11 is 0. The highest BCUT2D eigenvalue weighted by Gasteiger charge is 2.21. The molecule has 3 aromatic rings. The lowest BCUT2D eigenvalue weighted by molar-refractivity contribution is 0.598. The highest BCUT2D eigenvalue weighted by atomic mass is 32.2. The number of hydrogen-bond donors (Lipinski definition) is 2. The fourth-order valence-electron chi connectivity index (χ4n) is 2.90. The van der Waals surface area contributed by atoms with Crippen LogP contribution in [0.2, 0.25) is 0 Å². The molecule has 0 atom stereocenters. The highest BCUT2D eigenvalue weighted by molar-refractivity contribution is 7.89. The number of rotatable bonds is 2. The van der Waals surface area contributed by atoms with Gasteiger partial charge in [-0.25, -0.2) is 28.5 Å². The number of hydrogen-bond acceptors (Lipinski definition) is 6. The third-order valence-corrected chi connectivity index (χ3v) is 5.03. The van der Waals surface area contributed by atoms with Gasteiger partial charge in [-0.3, -0.25) is 0 Å². The molecule has 0 amide bonds. The number of fused-ring (bicyclic) bond motifs is 2. The summed E-state index contributed by atoms with van der Waals surface area (Å²) in [7, 11) is -3.73. The van der Waals surface area contributed by atoms with Crippen molar-refractivity contribution < 1.29 is 8.42 Å². The van der Waals surface area contributed by atoms with Gasteiger partial charge in [0, 0.05) is 31.3 Å². The molecule has 0 saturated heterocycles. The molecular weight excluding hydrogens is 328 g/mol. The van der Waals surface area contributed by atoms with Gasteiger partial charge in [-0.2, -0.15) is 0 Å². The first-order chi connectivity index (χ1) is 11.4. The highest BCUT2D eigenvalue weighted by Crippen LogP contribution is 2.24. The summed E-state index contributed by atoms with van der Waals surface area (Å²) in [4.78, 5) is 18.6. The van der Waals surface area contributed by atoms with Crippen molar-refractivity contribution in [3.05, 3.63) is 41.5 Å². The second-order valence-electron chi connectivity index (χ2n) is 5.85. The summed E-state index contributed by atoms with van der Waals surface area (Å²) in [5.74, 6) is 1.48. The first kappa shape index (κ1) is 15.0. The largest absolute Gasteiger partial charge is 0.338 e. The van der Waals surface area contributed by atoms with Crippen molar-refractivity contribution in [1.29, 1.82) is 0 Å². The van der Waals surface area contributed by atoms with E-state index < -0.39 is 10.0 Å². The Kier molecular flexibility index (Phi) is 3.29. The van der Waals surface area contributed by atoms with Crippen LogP contribution in [0.25, 0.3) is 11.0 Å². The zero-order chi connectivity index (χ0) is 16.9. The van der Waals surface area contributed by atoms with Crippen molar-refractivity contribution in [2.45, 2.75) is 24.8 Å². The molecule has 3 N–H and O–H groups in total. The van der Waals surface area contributed by atoms with Gasteiger partial charge in [0.2, 0.25) is 16.0 Å². The fourth-order valence-corrected chi connectivity index (χ4v) is 3.44. The third kappa shape index (κ3) is 2.61. The quantitative estimate of drug-likeness (QED) is 0.712. The topological polar surface area (TPSA) is 118 Å². The Morgan fingerprint density at radius 1 is 1.29 bits per heavy atom. The number of sulfonamides is 1. The Balaban J connectivity index is 1.69. The number of aromatic nitrogens is 4. The molecule has 0 bridgehead atoms. The van der Waals surface area contributed by atoms with E-state index in [1.54, 1.807) is 6.07 Å². The Morgan fingerprint density at radius 2 is 2.12 bits per heavy atom. The minimum absolute atomic E-state index is 0.0677. The molecule has 3 heterocycles. The van der Waals surface area contributed by atoms with Gasteiger partial charge in [0.05, 0.1) is 21.6 Å². The number of nitrogens with zero attached hydrogens (tertiary/aromatic N) is 4. The van der Waals surface area contributed by atoms with Gasteiger partial charge in [0.25, 0.3) is 0 Å². The van der Waals surface area contributed by atoms with E-state index in [4.69, 9.17) is 5.14 Å². The van der Waals surface area contributed by atoms with Crippen LogP contribution in [0, 0.1) is 6.92 Å². The lowest BCUT2D eigenvalue weighted by Gasteiger charge is -2.27. The monoisotopic (exact) mass is 344 g/mol. The third-order valence-electron chi connectivity index (χ3n) is 4.12. The van der Waals surface area contributed by atoms with Crippen LogP contribution in [0.4, 0.5) is 5.95 Å². The molecule has 1 aliphatic rings. The second-order valence-corrected chi connectivity index (χ2v) is 7.41. The van der Waals surface area contributed by atoms with Crippen molar-refractivity contribution in [1.82, 2.24) is 19.9 Å². The summed E-state index contributed by atoms with van der Waals surface area (Å²) in [6, 6.07) is 4.62. The SMILES string of the molecule is Cc1ncc2c(n1)CCN(c1nc3ccc(S(N)(=O)=O)cc3[nH]1)C2. The normalized spacial score (nSPS) is 14.8. The molecule has 8 nitrogen and oxygen atoms in total. The number of nitrogens with two attached hydrogens (primary N) is 1. The van der Waals surface area contributed by atoms with E-state index in [0.717, 1.165) is 30.0 Å². The molecule has 1 aromatic carbocycles. The Hall–Kier alpha value is -2.52. The average Bonchev–Trinajstić information content (AvgIpc) is 2.96. The molecule has 0 unspecified atom stereocenters. The zero-order valence-electron chi connectivity index (χ0n) is 13.0. The van der Waals surface area contributed by atoms with E-state index in [1.807, 2.05) is 13.1 Å². The number of aromatic amines is 1. The maximum atomic E-state index is 11.5. The van der Waals surface area contributed by atoms with Gasteiger partial charge in [-0.1, -0.05) is 0 Å². The minimum atomic E-state index is -3.73. The molecule has 0 fully saturated rings. The van der Waals surface area contributed by atoms with Crippen LogP contribution < -0.4 is 10.0 Å². The molecule has 9 heteroatoms. The second kappa shape index (κ2) is 5.25. The summed E-state index contributed by atoms with van der Waals surface area (Å²) in [5, 5.41) is 5.18. The Labute approximate surface area is 138 Å². The number of benzene rings is 1. The van der Waals surface area contributed by atoms with Crippen LogP contribution in [0.1, 0.15) is 17.1 Å². The summed E-state index contributed by atoms with van der Waals surface area (Å²) in [6.07, 6.45) is 2.67. The van der Waals surface area contributed by atoms with Crippen LogP contribution in [0.15, 0.2) is 29.3 Å². The maximum Gasteiger partial charge on any atom is 0.238 e. The predicted octanol–water partition coefficient (Wildman–Crippen LogP) is 0.871. The van der Waals surface area contributed by atoms with Gasteiger partial charge in [0.15, 0.2) is 0 Å². The molecule has 0 spiro atoms. The molecule has 0 aliphatic carbocycles. The Morgan fingerprint density at radius 3 is 2.92 bits per heavy atom. The van der Waals surface area contributed by atoms with Crippen molar-refractivity contribution in [3.8, 4) is 0 Å². The van der Waals surface area contributed by atoms with Crippen molar-refractivity contribution in [2.75, 3.05) is 11.4 Å². The lowest BCUT2D eigenvalue weighted by Crippen LogP contribution is -2.32. The average molecular weight is 344 g/mol. The number of H-pyrrole nitrogens is 1. The van der Waals surface area contributed by atoms with E-state index in [1.165, 1.54) is 12.1 Å². The zero-order valence-corrected chi connectivity index (χ0v) is 13.8. The van der Waals surface area contributed by atoms with E-state index in [9.17, 15) is 8.42 Å². The first-order valence-electron chi connectivity index (χ1n) is 7.49. The molecule has 24 heavy (non-hydrogen) atoms. The Bertz CT molecular complexity index is 1040. The van der Waals surface area contributed by atoms with E-state index >= 15 is 0 Å². The van der Waals surface area contributed by atoms with Crippen LogP contribution in [-0.2, 0) is 23.0 Å². The number of imidazole rings is 1.